The van der Waals surface area contributed by atoms with E-state index in [9.17, 15) is 4.79 Å². The zero-order chi connectivity index (χ0) is 16.5. The van der Waals surface area contributed by atoms with Crippen molar-refractivity contribution in [3.63, 3.8) is 0 Å². The van der Waals surface area contributed by atoms with Gasteiger partial charge in [-0.1, -0.05) is 6.07 Å². The third-order valence-corrected chi connectivity index (χ3v) is 4.23. The van der Waals surface area contributed by atoms with Gasteiger partial charge in [0.25, 0.3) is 5.91 Å². The second-order valence-corrected chi connectivity index (χ2v) is 5.99. The molecule has 1 aliphatic carbocycles. The highest BCUT2D eigenvalue weighted by Gasteiger charge is 2.24. The number of pyridine rings is 1. The van der Waals surface area contributed by atoms with E-state index < -0.39 is 0 Å². The van der Waals surface area contributed by atoms with E-state index in [4.69, 9.17) is 0 Å². The maximum Gasteiger partial charge on any atom is 0.259 e. The van der Waals surface area contributed by atoms with Crippen molar-refractivity contribution in [2.45, 2.75) is 26.2 Å². The fraction of sp³-hybridized carbons (Fsp3) is 0.222. The van der Waals surface area contributed by atoms with Gasteiger partial charge in [0.15, 0.2) is 5.82 Å². The topological polar surface area (TPSA) is 83.6 Å². The molecule has 0 saturated carbocycles. The number of fused-ring (bicyclic) bond motifs is 3. The van der Waals surface area contributed by atoms with Gasteiger partial charge >= 0.3 is 0 Å². The van der Waals surface area contributed by atoms with E-state index in [1.54, 1.807) is 24.5 Å². The van der Waals surface area contributed by atoms with Crippen LogP contribution in [-0.4, -0.2) is 26.1 Å². The number of aryl methyl sites for hydroxylation is 3. The van der Waals surface area contributed by atoms with Gasteiger partial charge in [0, 0.05) is 29.8 Å². The molecule has 120 valence electrons. The number of nitrogens with zero attached hydrogens (tertiary/aromatic N) is 3. The van der Waals surface area contributed by atoms with Crippen LogP contribution in [0.4, 0.5) is 5.82 Å². The summed E-state index contributed by atoms with van der Waals surface area (Å²) in [6.07, 6.45) is 8.09. The minimum absolute atomic E-state index is 0.205. The molecule has 0 unspecified atom stereocenters. The van der Waals surface area contributed by atoms with E-state index in [1.807, 2.05) is 13.1 Å². The van der Waals surface area contributed by atoms with Crippen molar-refractivity contribution in [1.82, 2.24) is 20.2 Å². The number of aromatic nitrogens is 4. The average molecular weight is 319 g/mol. The van der Waals surface area contributed by atoms with Gasteiger partial charge in [-0.15, -0.1) is 5.10 Å². The third kappa shape index (κ3) is 2.56. The molecule has 4 rings (SSSR count). The summed E-state index contributed by atoms with van der Waals surface area (Å²) in [7, 11) is 0. The number of hydrogen-bond acceptors (Lipinski definition) is 4. The Morgan fingerprint density at radius 3 is 3.08 bits per heavy atom. The van der Waals surface area contributed by atoms with Gasteiger partial charge in [-0.25, -0.2) is 0 Å². The fourth-order valence-corrected chi connectivity index (χ4v) is 3.17. The van der Waals surface area contributed by atoms with Crippen LogP contribution >= 0.6 is 0 Å². The normalized spacial score (nSPS) is 12.9. The van der Waals surface area contributed by atoms with Gasteiger partial charge in [0.2, 0.25) is 0 Å². The van der Waals surface area contributed by atoms with Gasteiger partial charge in [0.1, 0.15) is 0 Å². The molecule has 0 radical (unpaired) electrons. The molecule has 6 nitrogen and oxygen atoms in total. The summed E-state index contributed by atoms with van der Waals surface area (Å²) < 4.78 is 0. The monoisotopic (exact) mass is 319 g/mol. The zero-order valence-electron chi connectivity index (χ0n) is 13.3. The van der Waals surface area contributed by atoms with E-state index in [1.165, 1.54) is 5.56 Å². The first kappa shape index (κ1) is 14.6. The smallest absolute Gasteiger partial charge is 0.259 e. The second-order valence-electron chi connectivity index (χ2n) is 5.99. The minimum atomic E-state index is -0.205. The maximum atomic E-state index is 12.7. The number of anilines is 1. The van der Waals surface area contributed by atoms with Crippen molar-refractivity contribution in [2.75, 3.05) is 5.32 Å². The molecule has 6 heteroatoms. The molecule has 3 aromatic rings. The zero-order valence-corrected chi connectivity index (χ0v) is 13.3. The SMILES string of the molecule is Cc1cnc2c(c1)CCCc1[nH]cc(C(=O)Nc3cccnn3)c1-2. The van der Waals surface area contributed by atoms with Crippen LogP contribution in [0, 0.1) is 6.92 Å². The molecule has 3 aromatic heterocycles. The summed E-state index contributed by atoms with van der Waals surface area (Å²) in [4.78, 5) is 20.6. The average Bonchev–Trinajstić information content (AvgIpc) is 2.92. The summed E-state index contributed by atoms with van der Waals surface area (Å²) in [5, 5.41) is 10.5. The standard InChI is InChI=1S/C18H17N5O/c1-11-8-12-4-2-5-14-16(17(12)20-9-11)13(10-19-14)18(24)22-15-6-3-7-21-23-15/h3,6-10,19H,2,4-5H2,1H3,(H,22,23,24). The predicted molar refractivity (Wildman–Crippen MR) is 90.8 cm³/mol. The first-order valence-electron chi connectivity index (χ1n) is 7.97. The van der Waals surface area contributed by atoms with Gasteiger partial charge in [-0.3, -0.25) is 9.78 Å². The Bertz CT molecular complexity index is 901. The summed E-state index contributed by atoms with van der Waals surface area (Å²) in [5.41, 5.74) is 5.80. The minimum Gasteiger partial charge on any atom is -0.364 e. The maximum absolute atomic E-state index is 12.7. The molecule has 0 spiro atoms. The first-order valence-corrected chi connectivity index (χ1v) is 7.97. The molecule has 0 fully saturated rings. The quantitative estimate of drug-likeness (QED) is 0.760. The number of nitrogens with one attached hydrogen (secondary N) is 2. The Balaban J connectivity index is 1.77. The molecule has 2 N–H and O–H groups in total. The largest absolute Gasteiger partial charge is 0.364 e. The molecule has 24 heavy (non-hydrogen) atoms. The van der Waals surface area contributed by atoms with Crippen LogP contribution in [0.2, 0.25) is 0 Å². The lowest BCUT2D eigenvalue weighted by Gasteiger charge is -2.09. The number of H-pyrrole nitrogens is 1. The highest BCUT2D eigenvalue weighted by atomic mass is 16.1. The number of hydrogen-bond donors (Lipinski definition) is 2. The molecular formula is C18H17N5O. The fourth-order valence-electron chi connectivity index (χ4n) is 3.17. The predicted octanol–water partition coefficient (Wildman–Crippen LogP) is 2.92. The number of carbonyl (C=O) groups is 1. The second kappa shape index (κ2) is 5.88. The molecule has 1 aliphatic rings. The lowest BCUT2D eigenvalue weighted by molar-refractivity contribution is 0.102. The van der Waals surface area contributed by atoms with Crippen molar-refractivity contribution in [3.8, 4) is 11.3 Å². The van der Waals surface area contributed by atoms with Crippen LogP contribution in [-0.2, 0) is 12.8 Å². The summed E-state index contributed by atoms with van der Waals surface area (Å²) in [5.74, 6) is 0.228. The first-order chi connectivity index (χ1) is 11.7. The van der Waals surface area contributed by atoms with Crippen LogP contribution in [0.1, 0.15) is 33.6 Å². The molecule has 0 atom stereocenters. The van der Waals surface area contributed by atoms with Crippen LogP contribution in [0.25, 0.3) is 11.3 Å². The number of rotatable bonds is 2. The molecular weight excluding hydrogens is 302 g/mol. The third-order valence-electron chi connectivity index (χ3n) is 4.23. The Labute approximate surface area is 139 Å². The van der Waals surface area contributed by atoms with Crippen molar-refractivity contribution < 1.29 is 4.79 Å². The number of amides is 1. The highest BCUT2D eigenvalue weighted by Crippen LogP contribution is 2.34. The summed E-state index contributed by atoms with van der Waals surface area (Å²) in [6, 6.07) is 5.61. The summed E-state index contributed by atoms with van der Waals surface area (Å²) in [6.45, 7) is 2.04. The molecule has 0 aromatic carbocycles. The highest BCUT2D eigenvalue weighted by molar-refractivity contribution is 6.08. The van der Waals surface area contributed by atoms with Crippen molar-refractivity contribution >= 4 is 11.7 Å². The Kier molecular flexibility index (Phi) is 3.57. The van der Waals surface area contributed by atoms with Crippen molar-refractivity contribution in [3.05, 3.63) is 59.2 Å². The van der Waals surface area contributed by atoms with E-state index >= 15 is 0 Å². The van der Waals surface area contributed by atoms with Crippen LogP contribution in [0.3, 0.4) is 0 Å². The van der Waals surface area contributed by atoms with Crippen LogP contribution in [0.15, 0.2) is 36.8 Å². The van der Waals surface area contributed by atoms with E-state index in [-0.39, 0.29) is 5.91 Å². The van der Waals surface area contributed by atoms with E-state index in [0.29, 0.717) is 11.4 Å². The molecule has 1 amide bonds. The van der Waals surface area contributed by atoms with Gasteiger partial charge in [-0.05, 0) is 49.4 Å². The van der Waals surface area contributed by atoms with Crippen LogP contribution < -0.4 is 5.32 Å². The van der Waals surface area contributed by atoms with Crippen LogP contribution in [0.5, 0.6) is 0 Å². The van der Waals surface area contributed by atoms with Gasteiger partial charge < -0.3 is 10.3 Å². The molecule has 0 aliphatic heterocycles. The Morgan fingerprint density at radius 2 is 2.25 bits per heavy atom. The Morgan fingerprint density at radius 1 is 1.33 bits per heavy atom. The van der Waals surface area contributed by atoms with Crippen molar-refractivity contribution in [2.24, 2.45) is 0 Å². The lowest BCUT2D eigenvalue weighted by Crippen LogP contribution is -2.14. The van der Waals surface area contributed by atoms with E-state index in [0.717, 1.165) is 41.8 Å². The van der Waals surface area contributed by atoms with E-state index in [2.05, 4.69) is 31.5 Å². The number of carbonyl (C=O) groups excluding carboxylic acids is 1. The molecule has 3 heterocycles. The Hall–Kier alpha value is -3.02. The lowest BCUT2D eigenvalue weighted by atomic mass is 10.0. The molecule has 0 saturated heterocycles. The van der Waals surface area contributed by atoms with Crippen molar-refractivity contribution in [1.29, 1.82) is 0 Å². The van der Waals surface area contributed by atoms with Gasteiger partial charge in [-0.2, -0.15) is 5.10 Å². The summed E-state index contributed by atoms with van der Waals surface area (Å²) >= 11 is 0. The number of aromatic amines is 1. The molecule has 0 bridgehead atoms. The van der Waals surface area contributed by atoms with Gasteiger partial charge in [0.05, 0.1) is 11.3 Å².